The molecule has 1 aliphatic carbocycles. The van der Waals surface area contributed by atoms with Crippen LogP contribution in [0, 0.1) is 23.7 Å². The van der Waals surface area contributed by atoms with E-state index >= 15 is 0 Å². The molecule has 0 radical (unpaired) electrons. The fraction of sp³-hybridized carbons (Fsp3) is 0.545. The highest BCUT2D eigenvalue weighted by atomic mass is 16.2. The lowest BCUT2D eigenvalue weighted by molar-refractivity contribution is -0.131. The van der Waals surface area contributed by atoms with E-state index in [1.165, 1.54) is 0 Å². The Balaban J connectivity index is 1.94. The molecule has 1 heterocycles. The third-order valence-corrected chi connectivity index (χ3v) is 3.23. The van der Waals surface area contributed by atoms with Gasteiger partial charge in [-0.2, -0.15) is 10.4 Å². The number of nitriles is 1. The van der Waals surface area contributed by atoms with Gasteiger partial charge in [0.1, 0.15) is 5.41 Å². The monoisotopic (exact) mass is 218 g/mol. The van der Waals surface area contributed by atoms with Gasteiger partial charge in [-0.3, -0.25) is 9.89 Å². The van der Waals surface area contributed by atoms with Crippen LogP contribution < -0.4 is 5.32 Å². The van der Waals surface area contributed by atoms with Gasteiger partial charge in [0, 0.05) is 17.8 Å². The van der Waals surface area contributed by atoms with Gasteiger partial charge in [-0.05, 0) is 26.2 Å². The predicted molar refractivity (Wildman–Crippen MR) is 57.1 cm³/mol. The molecule has 1 saturated carbocycles. The summed E-state index contributed by atoms with van der Waals surface area (Å²) in [6, 6.07) is 2.12. The van der Waals surface area contributed by atoms with Crippen LogP contribution in [-0.2, 0) is 11.3 Å². The number of amides is 1. The third kappa shape index (κ3) is 1.67. The molecule has 16 heavy (non-hydrogen) atoms. The van der Waals surface area contributed by atoms with Crippen molar-refractivity contribution in [3.05, 3.63) is 17.5 Å². The van der Waals surface area contributed by atoms with E-state index in [-0.39, 0.29) is 5.91 Å². The molecule has 2 N–H and O–H groups in total. The summed E-state index contributed by atoms with van der Waals surface area (Å²) < 4.78 is 0. The number of carbonyl (C=O) groups excluding carboxylic acids is 1. The van der Waals surface area contributed by atoms with Crippen molar-refractivity contribution in [2.45, 2.75) is 32.7 Å². The summed E-state index contributed by atoms with van der Waals surface area (Å²) in [6.45, 7) is 2.34. The van der Waals surface area contributed by atoms with Gasteiger partial charge in [0.15, 0.2) is 0 Å². The van der Waals surface area contributed by atoms with Gasteiger partial charge in [-0.15, -0.1) is 0 Å². The minimum Gasteiger partial charge on any atom is -0.351 e. The highest BCUT2D eigenvalue weighted by Gasteiger charge is 2.44. The van der Waals surface area contributed by atoms with Crippen molar-refractivity contribution in [3.63, 3.8) is 0 Å². The van der Waals surface area contributed by atoms with Crippen molar-refractivity contribution in [1.82, 2.24) is 15.5 Å². The van der Waals surface area contributed by atoms with Crippen molar-refractivity contribution in [1.29, 1.82) is 5.26 Å². The molecular formula is C11H14N4O. The highest BCUT2D eigenvalue weighted by molar-refractivity contribution is 5.86. The van der Waals surface area contributed by atoms with Gasteiger partial charge in [-0.1, -0.05) is 0 Å². The van der Waals surface area contributed by atoms with Crippen LogP contribution in [0.2, 0.25) is 0 Å². The molecule has 5 nitrogen and oxygen atoms in total. The molecule has 0 saturated heterocycles. The molecule has 0 spiro atoms. The molecule has 1 aliphatic rings. The first-order valence-corrected chi connectivity index (χ1v) is 5.36. The summed E-state index contributed by atoms with van der Waals surface area (Å²) in [5, 5.41) is 18.5. The van der Waals surface area contributed by atoms with E-state index in [1.807, 2.05) is 6.92 Å². The van der Waals surface area contributed by atoms with E-state index in [1.54, 1.807) is 6.20 Å². The Kier molecular flexibility index (Phi) is 2.65. The molecule has 0 atom stereocenters. The van der Waals surface area contributed by atoms with E-state index < -0.39 is 5.41 Å². The Morgan fingerprint density at radius 3 is 2.94 bits per heavy atom. The van der Waals surface area contributed by atoms with Crippen molar-refractivity contribution < 1.29 is 4.79 Å². The summed E-state index contributed by atoms with van der Waals surface area (Å²) in [5.74, 6) is -0.151. The SMILES string of the molecule is Cc1[nH]ncc1CNC(=O)C1(C#N)CCC1. The topological polar surface area (TPSA) is 81.6 Å². The van der Waals surface area contributed by atoms with E-state index in [0.29, 0.717) is 19.4 Å². The van der Waals surface area contributed by atoms with E-state index in [9.17, 15) is 4.79 Å². The first kappa shape index (κ1) is 10.7. The number of carbonyl (C=O) groups is 1. The zero-order valence-electron chi connectivity index (χ0n) is 9.21. The molecule has 0 aromatic carbocycles. The van der Waals surface area contributed by atoms with Gasteiger partial charge in [0.05, 0.1) is 12.3 Å². The Bertz CT molecular complexity index is 439. The normalized spacial score (nSPS) is 17.2. The molecule has 84 valence electrons. The number of aryl methyl sites for hydroxylation is 1. The number of nitrogens with one attached hydrogen (secondary N) is 2. The average Bonchev–Trinajstić information content (AvgIpc) is 2.60. The average molecular weight is 218 g/mol. The largest absolute Gasteiger partial charge is 0.351 e. The van der Waals surface area contributed by atoms with Crippen LogP contribution in [0.25, 0.3) is 0 Å². The van der Waals surface area contributed by atoms with Crippen LogP contribution >= 0.6 is 0 Å². The summed E-state index contributed by atoms with van der Waals surface area (Å²) in [5.41, 5.74) is 1.14. The standard InChI is InChI=1S/C11H14N4O/c1-8-9(6-14-15-8)5-13-10(16)11(7-12)3-2-4-11/h6H,2-5H2,1H3,(H,13,16)(H,14,15). The first-order chi connectivity index (χ1) is 7.68. The Morgan fingerprint density at radius 2 is 2.50 bits per heavy atom. The number of aromatic amines is 1. The second kappa shape index (κ2) is 3.97. The third-order valence-electron chi connectivity index (χ3n) is 3.23. The van der Waals surface area contributed by atoms with Crippen molar-refractivity contribution in [2.75, 3.05) is 0 Å². The lowest BCUT2D eigenvalue weighted by Gasteiger charge is -2.33. The smallest absolute Gasteiger partial charge is 0.240 e. The molecule has 1 amide bonds. The summed E-state index contributed by atoms with van der Waals surface area (Å²) in [7, 11) is 0. The fourth-order valence-corrected chi connectivity index (χ4v) is 1.82. The summed E-state index contributed by atoms with van der Waals surface area (Å²) >= 11 is 0. The van der Waals surface area contributed by atoms with Gasteiger partial charge in [0.25, 0.3) is 0 Å². The van der Waals surface area contributed by atoms with Crippen LogP contribution in [-0.4, -0.2) is 16.1 Å². The fourth-order valence-electron chi connectivity index (χ4n) is 1.82. The number of H-pyrrole nitrogens is 1. The molecule has 0 aliphatic heterocycles. The Hall–Kier alpha value is -1.83. The van der Waals surface area contributed by atoms with Crippen molar-refractivity contribution in [2.24, 2.45) is 5.41 Å². The van der Waals surface area contributed by atoms with Crippen LogP contribution in [0.3, 0.4) is 0 Å². The zero-order valence-corrected chi connectivity index (χ0v) is 9.21. The second-order valence-electron chi connectivity index (χ2n) is 4.25. The molecule has 0 bridgehead atoms. The van der Waals surface area contributed by atoms with Crippen molar-refractivity contribution in [3.8, 4) is 6.07 Å². The maximum Gasteiger partial charge on any atom is 0.240 e. The molecule has 1 fully saturated rings. The molecule has 2 rings (SSSR count). The minimum absolute atomic E-state index is 0.151. The minimum atomic E-state index is -0.766. The number of rotatable bonds is 3. The number of hydrogen-bond donors (Lipinski definition) is 2. The number of nitrogens with zero attached hydrogens (tertiary/aromatic N) is 2. The Morgan fingerprint density at radius 1 is 1.75 bits per heavy atom. The summed E-state index contributed by atoms with van der Waals surface area (Å²) in [6.07, 6.45) is 4.01. The van der Waals surface area contributed by atoms with Crippen LogP contribution in [0.5, 0.6) is 0 Å². The van der Waals surface area contributed by atoms with Crippen molar-refractivity contribution >= 4 is 5.91 Å². The van der Waals surface area contributed by atoms with Crippen LogP contribution in [0.1, 0.15) is 30.5 Å². The maximum atomic E-state index is 11.8. The van der Waals surface area contributed by atoms with E-state index in [2.05, 4.69) is 21.6 Å². The van der Waals surface area contributed by atoms with Gasteiger partial charge < -0.3 is 5.32 Å². The lowest BCUT2D eigenvalue weighted by Crippen LogP contribution is -2.44. The van der Waals surface area contributed by atoms with E-state index in [4.69, 9.17) is 5.26 Å². The molecule has 0 unspecified atom stereocenters. The number of hydrogen-bond acceptors (Lipinski definition) is 3. The van der Waals surface area contributed by atoms with Gasteiger partial charge >= 0.3 is 0 Å². The zero-order chi connectivity index (χ0) is 11.6. The summed E-state index contributed by atoms with van der Waals surface area (Å²) in [4.78, 5) is 11.8. The molecular weight excluding hydrogens is 204 g/mol. The van der Waals surface area contributed by atoms with Gasteiger partial charge in [-0.25, -0.2) is 0 Å². The molecule has 1 aromatic heterocycles. The van der Waals surface area contributed by atoms with E-state index in [0.717, 1.165) is 17.7 Å². The lowest BCUT2D eigenvalue weighted by atomic mass is 9.69. The Labute approximate surface area is 93.8 Å². The predicted octanol–water partition coefficient (Wildman–Crippen LogP) is 1.03. The molecule has 5 heteroatoms. The second-order valence-corrected chi connectivity index (χ2v) is 4.25. The first-order valence-electron chi connectivity index (χ1n) is 5.36. The number of aromatic nitrogens is 2. The maximum absolute atomic E-state index is 11.8. The molecule has 1 aromatic rings. The van der Waals surface area contributed by atoms with Crippen LogP contribution in [0.4, 0.5) is 0 Å². The van der Waals surface area contributed by atoms with Gasteiger partial charge in [0.2, 0.25) is 5.91 Å². The quantitative estimate of drug-likeness (QED) is 0.794. The van der Waals surface area contributed by atoms with Crippen LogP contribution in [0.15, 0.2) is 6.20 Å². The highest BCUT2D eigenvalue weighted by Crippen LogP contribution is 2.40.